The molecule has 0 saturated carbocycles. The van der Waals surface area contributed by atoms with Crippen LogP contribution in [-0.2, 0) is 0 Å². The van der Waals surface area contributed by atoms with Gasteiger partial charge in [-0.25, -0.2) is 0 Å². The highest BCUT2D eigenvalue weighted by Crippen LogP contribution is 2.19. The van der Waals surface area contributed by atoms with Crippen LogP contribution < -0.4 is 0 Å². The van der Waals surface area contributed by atoms with Gasteiger partial charge in [0.1, 0.15) is 0 Å². The van der Waals surface area contributed by atoms with E-state index in [1.54, 1.807) is 6.92 Å². The number of alkyl halides is 3. The molecule has 0 N–H and O–H groups in total. The van der Waals surface area contributed by atoms with Crippen LogP contribution in [0.5, 0.6) is 0 Å². The van der Waals surface area contributed by atoms with Crippen molar-refractivity contribution >= 4 is 17.1 Å². The highest BCUT2D eigenvalue weighted by molar-refractivity contribution is 7.80. The van der Waals surface area contributed by atoms with Crippen molar-refractivity contribution in [3.63, 3.8) is 0 Å². The van der Waals surface area contributed by atoms with Crippen molar-refractivity contribution in [2.45, 2.75) is 25.9 Å². The first-order chi connectivity index (χ1) is 3.98. The summed E-state index contributed by atoms with van der Waals surface area (Å²) in [5, 5.41) is 0. The molecule has 0 rings (SSSR count). The average Bonchev–Trinajstić information content (AvgIpc) is 1.64. The molecule has 0 saturated heterocycles. The van der Waals surface area contributed by atoms with Gasteiger partial charge in [0.25, 0.3) is 0 Å². The van der Waals surface area contributed by atoms with Crippen molar-refractivity contribution in [1.29, 1.82) is 0 Å². The third kappa shape index (κ3) is 3.46. The average molecular weight is 156 g/mol. The van der Waals surface area contributed by atoms with Crippen LogP contribution in [0.2, 0.25) is 0 Å². The second-order valence-corrected chi connectivity index (χ2v) is 2.16. The predicted molar refractivity (Wildman–Crippen MR) is 33.6 cm³/mol. The van der Waals surface area contributed by atoms with Crippen molar-refractivity contribution in [3.8, 4) is 0 Å². The Morgan fingerprint density at radius 1 is 1.44 bits per heavy atom. The first-order valence-electron chi connectivity index (χ1n) is 2.58. The lowest BCUT2D eigenvalue weighted by Crippen LogP contribution is -2.19. The molecular formula is C5H7F3S. The summed E-state index contributed by atoms with van der Waals surface area (Å²) < 4.78 is 34.5. The van der Waals surface area contributed by atoms with Gasteiger partial charge in [0.15, 0.2) is 0 Å². The fourth-order valence-corrected chi connectivity index (χ4v) is 0.573. The highest BCUT2D eigenvalue weighted by Gasteiger charge is 2.32. The minimum atomic E-state index is -4.26. The number of halogens is 3. The summed E-state index contributed by atoms with van der Waals surface area (Å²) in [6, 6.07) is 0. The van der Waals surface area contributed by atoms with E-state index < -0.39 is 11.0 Å². The van der Waals surface area contributed by atoms with Gasteiger partial charge in [-0.05, 0) is 6.42 Å². The van der Waals surface area contributed by atoms with Crippen LogP contribution in [0.1, 0.15) is 19.8 Å². The topological polar surface area (TPSA) is 0 Å². The molecule has 0 nitrogen and oxygen atoms in total. The first-order valence-corrected chi connectivity index (χ1v) is 2.99. The Hall–Kier alpha value is -0.120. The SMILES string of the molecule is CCCC(=S)C(F)(F)F. The molecule has 0 unspecified atom stereocenters. The van der Waals surface area contributed by atoms with Crippen LogP contribution >= 0.6 is 12.2 Å². The Morgan fingerprint density at radius 3 is 2.00 bits per heavy atom. The molecular weight excluding hydrogens is 149 g/mol. The number of rotatable bonds is 2. The Balaban J connectivity index is 3.74. The van der Waals surface area contributed by atoms with Crippen LogP contribution in [0.4, 0.5) is 13.2 Å². The molecule has 0 fully saturated rings. The second-order valence-electron chi connectivity index (χ2n) is 1.67. The fourth-order valence-electron chi connectivity index (χ4n) is 0.369. The molecule has 0 heterocycles. The van der Waals surface area contributed by atoms with E-state index in [9.17, 15) is 13.2 Å². The smallest absolute Gasteiger partial charge is 0.166 e. The normalized spacial score (nSPS) is 11.6. The number of thiocarbonyl (C=S) groups is 1. The minimum Gasteiger partial charge on any atom is -0.166 e. The lowest BCUT2D eigenvalue weighted by molar-refractivity contribution is -0.0579. The molecule has 0 aromatic rings. The van der Waals surface area contributed by atoms with E-state index >= 15 is 0 Å². The standard InChI is InChI=1S/C5H7F3S/c1-2-3-4(9)5(6,7)8/h2-3H2,1H3. The summed E-state index contributed by atoms with van der Waals surface area (Å²) in [5.74, 6) is 0. The zero-order valence-corrected chi connectivity index (χ0v) is 5.77. The highest BCUT2D eigenvalue weighted by atomic mass is 32.1. The van der Waals surface area contributed by atoms with Gasteiger partial charge in [-0.3, -0.25) is 0 Å². The third-order valence-electron chi connectivity index (χ3n) is 0.793. The molecule has 0 spiro atoms. The molecule has 0 aliphatic rings. The molecule has 4 heteroatoms. The number of hydrogen-bond donors (Lipinski definition) is 0. The minimum absolute atomic E-state index is 0.0289. The molecule has 0 aromatic heterocycles. The van der Waals surface area contributed by atoms with Crippen LogP contribution in [0.25, 0.3) is 0 Å². The first kappa shape index (κ1) is 8.88. The van der Waals surface area contributed by atoms with Gasteiger partial charge in [-0.15, -0.1) is 0 Å². The third-order valence-corrected chi connectivity index (χ3v) is 1.23. The van der Waals surface area contributed by atoms with Crippen molar-refractivity contribution < 1.29 is 13.2 Å². The fraction of sp³-hybridized carbons (Fsp3) is 0.800. The molecule has 0 radical (unpaired) electrons. The molecule has 0 amide bonds. The molecule has 0 aromatic carbocycles. The van der Waals surface area contributed by atoms with E-state index in [-0.39, 0.29) is 6.42 Å². The molecule has 0 aliphatic heterocycles. The van der Waals surface area contributed by atoms with Crippen LogP contribution in [0.3, 0.4) is 0 Å². The van der Waals surface area contributed by atoms with Gasteiger partial charge >= 0.3 is 6.18 Å². The van der Waals surface area contributed by atoms with E-state index in [0.717, 1.165) is 0 Å². The summed E-state index contributed by atoms with van der Waals surface area (Å²) >= 11 is 4.07. The Morgan fingerprint density at radius 2 is 1.89 bits per heavy atom. The van der Waals surface area contributed by atoms with Gasteiger partial charge in [0.05, 0.1) is 4.86 Å². The zero-order valence-electron chi connectivity index (χ0n) is 4.96. The lowest BCUT2D eigenvalue weighted by atomic mass is 10.2. The molecule has 54 valence electrons. The maximum Gasteiger partial charge on any atom is 0.422 e. The van der Waals surface area contributed by atoms with Crippen LogP contribution in [0.15, 0.2) is 0 Å². The monoisotopic (exact) mass is 156 g/mol. The maximum atomic E-state index is 11.5. The van der Waals surface area contributed by atoms with Gasteiger partial charge < -0.3 is 0 Å². The van der Waals surface area contributed by atoms with Gasteiger partial charge in [0.2, 0.25) is 0 Å². The van der Waals surface area contributed by atoms with Crippen molar-refractivity contribution in [1.82, 2.24) is 0 Å². The molecule has 0 aliphatic carbocycles. The Kier molecular flexibility index (Phi) is 3.11. The maximum absolute atomic E-state index is 11.5. The second kappa shape index (κ2) is 3.15. The van der Waals surface area contributed by atoms with E-state index in [1.165, 1.54) is 0 Å². The summed E-state index contributed by atoms with van der Waals surface area (Å²) in [6.07, 6.45) is -3.83. The summed E-state index contributed by atoms with van der Waals surface area (Å²) in [7, 11) is 0. The summed E-state index contributed by atoms with van der Waals surface area (Å²) in [5.41, 5.74) is 0. The van der Waals surface area contributed by atoms with Crippen molar-refractivity contribution in [2.75, 3.05) is 0 Å². The quantitative estimate of drug-likeness (QED) is 0.554. The van der Waals surface area contributed by atoms with Crippen molar-refractivity contribution in [3.05, 3.63) is 0 Å². The molecule has 9 heavy (non-hydrogen) atoms. The Bertz CT molecular complexity index is 105. The lowest BCUT2D eigenvalue weighted by Gasteiger charge is -2.04. The predicted octanol–water partition coefficient (Wildman–Crippen LogP) is 2.72. The van der Waals surface area contributed by atoms with Gasteiger partial charge in [-0.2, -0.15) is 13.2 Å². The number of hydrogen-bond acceptors (Lipinski definition) is 1. The van der Waals surface area contributed by atoms with E-state index in [4.69, 9.17) is 0 Å². The van der Waals surface area contributed by atoms with Gasteiger partial charge in [0, 0.05) is 0 Å². The van der Waals surface area contributed by atoms with Crippen molar-refractivity contribution in [2.24, 2.45) is 0 Å². The molecule has 0 atom stereocenters. The summed E-state index contributed by atoms with van der Waals surface area (Å²) in [4.78, 5) is -0.801. The van der Waals surface area contributed by atoms with Crippen LogP contribution in [0, 0.1) is 0 Å². The van der Waals surface area contributed by atoms with E-state index in [2.05, 4.69) is 12.2 Å². The zero-order chi connectivity index (χ0) is 7.49. The summed E-state index contributed by atoms with van der Waals surface area (Å²) in [6.45, 7) is 1.66. The van der Waals surface area contributed by atoms with Gasteiger partial charge in [-0.1, -0.05) is 25.6 Å². The molecule has 0 bridgehead atoms. The van der Waals surface area contributed by atoms with Crippen LogP contribution in [-0.4, -0.2) is 11.0 Å². The van der Waals surface area contributed by atoms with E-state index in [1.807, 2.05) is 0 Å². The largest absolute Gasteiger partial charge is 0.422 e. The van der Waals surface area contributed by atoms with E-state index in [0.29, 0.717) is 6.42 Å². The Labute approximate surface area is 57.1 Å².